The van der Waals surface area contributed by atoms with E-state index >= 15 is 0 Å². The molecule has 0 aromatic heterocycles. The number of benzene rings is 2. The van der Waals surface area contributed by atoms with Gasteiger partial charge in [0.05, 0.1) is 11.6 Å². The number of amides is 1. The van der Waals surface area contributed by atoms with Crippen molar-refractivity contribution in [3.63, 3.8) is 0 Å². The molecule has 0 unspecified atom stereocenters. The summed E-state index contributed by atoms with van der Waals surface area (Å²) in [5, 5.41) is 2.37. The summed E-state index contributed by atoms with van der Waals surface area (Å²) >= 11 is 5.64. The number of rotatable bonds is 8. The molecule has 2 rings (SSSR count). The van der Waals surface area contributed by atoms with E-state index in [2.05, 4.69) is 5.32 Å². The molecule has 0 saturated heterocycles. The van der Waals surface area contributed by atoms with Crippen molar-refractivity contribution in [1.29, 1.82) is 0 Å². The van der Waals surface area contributed by atoms with Crippen molar-refractivity contribution in [3.8, 4) is 5.75 Å². The minimum absolute atomic E-state index is 0.104. The Morgan fingerprint density at radius 2 is 1.96 bits per heavy atom. The first kappa shape index (κ1) is 19.7. The van der Waals surface area contributed by atoms with Gasteiger partial charge in [-0.2, -0.15) is 0 Å². The molecule has 0 aliphatic carbocycles. The van der Waals surface area contributed by atoms with Crippen LogP contribution in [0.4, 0.5) is 10.1 Å². The van der Waals surface area contributed by atoms with Crippen LogP contribution in [-0.2, 0) is 20.7 Å². The predicted octanol–water partition coefficient (Wildman–Crippen LogP) is 3.99. The molecule has 0 aliphatic heterocycles. The van der Waals surface area contributed by atoms with Crippen LogP contribution in [0.1, 0.15) is 18.9 Å². The van der Waals surface area contributed by atoms with Gasteiger partial charge in [-0.3, -0.25) is 9.59 Å². The summed E-state index contributed by atoms with van der Waals surface area (Å²) in [4.78, 5) is 23.6. The van der Waals surface area contributed by atoms with E-state index in [0.717, 1.165) is 17.4 Å². The highest BCUT2D eigenvalue weighted by Crippen LogP contribution is 2.20. The van der Waals surface area contributed by atoms with E-state index in [-0.39, 0.29) is 11.4 Å². The SMILES string of the molecule is CCOc1ccccc1CCC(=O)OCC(=O)Nc1ccc(F)c(Cl)c1. The number of ether oxygens (including phenoxy) is 2. The van der Waals surface area contributed by atoms with E-state index in [1.807, 2.05) is 31.2 Å². The average Bonchev–Trinajstić information content (AvgIpc) is 2.62. The maximum Gasteiger partial charge on any atom is 0.306 e. The number of hydrogen-bond acceptors (Lipinski definition) is 4. The Labute approximate surface area is 156 Å². The molecular weight excluding hydrogens is 361 g/mol. The van der Waals surface area contributed by atoms with Crippen molar-refractivity contribution in [2.45, 2.75) is 19.8 Å². The molecule has 26 heavy (non-hydrogen) atoms. The molecule has 0 radical (unpaired) electrons. The summed E-state index contributed by atoms with van der Waals surface area (Å²) in [7, 11) is 0. The molecule has 5 nitrogen and oxygen atoms in total. The maximum absolute atomic E-state index is 13.1. The Kier molecular flexibility index (Phi) is 7.41. The Morgan fingerprint density at radius 3 is 2.69 bits per heavy atom. The number of nitrogens with one attached hydrogen (secondary N) is 1. The van der Waals surface area contributed by atoms with Gasteiger partial charge in [-0.1, -0.05) is 29.8 Å². The van der Waals surface area contributed by atoms with Gasteiger partial charge in [-0.05, 0) is 43.2 Å². The fraction of sp³-hybridized carbons (Fsp3) is 0.263. The zero-order valence-corrected chi connectivity index (χ0v) is 15.0. The zero-order valence-electron chi connectivity index (χ0n) is 14.3. The third-order valence-electron chi connectivity index (χ3n) is 3.44. The molecule has 0 heterocycles. The Bertz CT molecular complexity index is 782. The first-order valence-corrected chi connectivity index (χ1v) is 8.48. The molecule has 0 atom stereocenters. The average molecular weight is 380 g/mol. The van der Waals surface area contributed by atoms with Crippen molar-refractivity contribution < 1.29 is 23.5 Å². The molecular formula is C19H19ClFNO4. The number of esters is 1. The molecule has 0 spiro atoms. The summed E-state index contributed by atoms with van der Waals surface area (Å²) in [5.41, 5.74) is 1.22. The van der Waals surface area contributed by atoms with Crippen LogP contribution in [0.2, 0.25) is 5.02 Å². The van der Waals surface area contributed by atoms with Crippen molar-refractivity contribution >= 4 is 29.2 Å². The predicted molar refractivity (Wildman–Crippen MR) is 96.9 cm³/mol. The van der Waals surface area contributed by atoms with E-state index in [4.69, 9.17) is 21.1 Å². The third-order valence-corrected chi connectivity index (χ3v) is 3.73. The largest absolute Gasteiger partial charge is 0.494 e. The fourth-order valence-electron chi connectivity index (χ4n) is 2.23. The van der Waals surface area contributed by atoms with Gasteiger partial charge in [0.25, 0.3) is 5.91 Å². The number of aryl methyl sites for hydroxylation is 1. The van der Waals surface area contributed by atoms with Crippen LogP contribution < -0.4 is 10.1 Å². The van der Waals surface area contributed by atoms with E-state index in [9.17, 15) is 14.0 Å². The van der Waals surface area contributed by atoms with Crippen LogP contribution in [0, 0.1) is 5.82 Å². The minimum atomic E-state index is -0.580. The van der Waals surface area contributed by atoms with Gasteiger partial charge in [0.1, 0.15) is 11.6 Å². The molecule has 0 fully saturated rings. The lowest BCUT2D eigenvalue weighted by Crippen LogP contribution is -2.21. The van der Waals surface area contributed by atoms with Crippen molar-refractivity contribution in [1.82, 2.24) is 0 Å². The Hall–Kier alpha value is -2.60. The van der Waals surface area contributed by atoms with Crippen LogP contribution in [0.25, 0.3) is 0 Å². The van der Waals surface area contributed by atoms with Crippen molar-refractivity contribution in [2.75, 3.05) is 18.5 Å². The van der Waals surface area contributed by atoms with Crippen LogP contribution in [0.15, 0.2) is 42.5 Å². The lowest BCUT2D eigenvalue weighted by molar-refractivity contribution is -0.147. The first-order chi connectivity index (χ1) is 12.5. The zero-order chi connectivity index (χ0) is 18.9. The van der Waals surface area contributed by atoms with Crippen molar-refractivity contribution in [3.05, 3.63) is 58.9 Å². The number of halogens is 2. The first-order valence-electron chi connectivity index (χ1n) is 8.10. The van der Waals surface area contributed by atoms with Crippen LogP contribution in [0.3, 0.4) is 0 Å². The van der Waals surface area contributed by atoms with E-state index in [0.29, 0.717) is 18.7 Å². The molecule has 0 bridgehead atoms. The number of hydrogen-bond donors (Lipinski definition) is 1. The molecule has 138 valence electrons. The molecule has 0 saturated carbocycles. The minimum Gasteiger partial charge on any atom is -0.494 e. The summed E-state index contributed by atoms with van der Waals surface area (Å²) < 4.78 is 23.5. The quantitative estimate of drug-likeness (QED) is 0.704. The molecule has 1 N–H and O–H groups in total. The topological polar surface area (TPSA) is 64.6 Å². The second kappa shape index (κ2) is 9.77. The normalized spacial score (nSPS) is 10.3. The van der Waals surface area contributed by atoms with Gasteiger partial charge in [0, 0.05) is 12.1 Å². The Morgan fingerprint density at radius 1 is 1.19 bits per heavy atom. The summed E-state index contributed by atoms with van der Waals surface area (Å²) in [6.45, 7) is 1.99. The van der Waals surface area contributed by atoms with Gasteiger partial charge < -0.3 is 14.8 Å². The summed E-state index contributed by atoms with van der Waals surface area (Å²) in [6.07, 6.45) is 0.573. The van der Waals surface area contributed by atoms with Crippen LogP contribution >= 0.6 is 11.6 Å². The molecule has 7 heteroatoms. The van der Waals surface area contributed by atoms with Crippen molar-refractivity contribution in [2.24, 2.45) is 0 Å². The lowest BCUT2D eigenvalue weighted by Gasteiger charge is -2.10. The van der Waals surface area contributed by atoms with E-state index in [1.54, 1.807) is 0 Å². The third kappa shape index (κ3) is 6.04. The molecule has 1 amide bonds. The second-order valence-corrected chi connectivity index (χ2v) is 5.79. The molecule has 0 aliphatic rings. The van der Waals surface area contributed by atoms with Gasteiger partial charge >= 0.3 is 5.97 Å². The fourth-order valence-corrected chi connectivity index (χ4v) is 2.41. The number of para-hydroxylation sites is 1. The number of carbonyl (C=O) groups is 2. The van der Waals surface area contributed by atoms with Gasteiger partial charge in [-0.25, -0.2) is 4.39 Å². The van der Waals surface area contributed by atoms with E-state index in [1.165, 1.54) is 12.1 Å². The highest BCUT2D eigenvalue weighted by Gasteiger charge is 2.11. The Balaban J connectivity index is 1.78. The number of carbonyl (C=O) groups excluding carboxylic acids is 2. The van der Waals surface area contributed by atoms with Crippen LogP contribution in [-0.4, -0.2) is 25.1 Å². The van der Waals surface area contributed by atoms with Gasteiger partial charge in [0.2, 0.25) is 0 Å². The standard InChI is InChI=1S/C19H19ClFNO4/c1-2-25-17-6-4-3-5-13(17)7-10-19(24)26-12-18(23)22-14-8-9-16(21)15(20)11-14/h3-6,8-9,11H,2,7,10,12H2,1H3,(H,22,23). The lowest BCUT2D eigenvalue weighted by atomic mass is 10.1. The summed E-state index contributed by atoms with van der Waals surface area (Å²) in [6, 6.07) is 11.2. The smallest absolute Gasteiger partial charge is 0.306 e. The van der Waals surface area contributed by atoms with Crippen LogP contribution in [0.5, 0.6) is 5.75 Å². The second-order valence-electron chi connectivity index (χ2n) is 5.38. The van der Waals surface area contributed by atoms with Gasteiger partial charge in [0.15, 0.2) is 6.61 Å². The van der Waals surface area contributed by atoms with Gasteiger partial charge in [-0.15, -0.1) is 0 Å². The number of anilines is 1. The molecule has 2 aromatic rings. The highest BCUT2D eigenvalue weighted by atomic mass is 35.5. The summed E-state index contributed by atoms with van der Waals surface area (Å²) in [5.74, 6) is -0.878. The highest BCUT2D eigenvalue weighted by molar-refractivity contribution is 6.31. The van der Waals surface area contributed by atoms with E-state index < -0.39 is 24.3 Å². The maximum atomic E-state index is 13.1. The molecule has 2 aromatic carbocycles. The monoisotopic (exact) mass is 379 g/mol.